The Labute approximate surface area is 139 Å². The van der Waals surface area contributed by atoms with Crippen molar-refractivity contribution in [3.8, 4) is 22.5 Å². The molecule has 0 saturated heterocycles. The minimum Gasteiger partial charge on any atom is -0.462 e. The van der Waals surface area contributed by atoms with Crippen molar-refractivity contribution < 1.29 is 9.53 Å². The van der Waals surface area contributed by atoms with Gasteiger partial charge in [-0.05, 0) is 30.7 Å². The molecule has 0 amide bonds. The number of nitrogens with zero attached hydrogens (tertiary/aromatic N) is 1. The van der Waals surface area contributed by atoms with Gasteiger partial charge in [-0.1, -0.05) is 41.9 Å². The van der Waals surface area contributed by atoms with Crippen molar-refractivity contribution in [1.82, 2.24) is 9.97 Å². The fourth-order valence-electron chi connectivity index (χ4n) is 2.38. The second kappa shape index (κ2) is 6.67. The van der Waals surface area contributed by atoms with Gasteiger partial charge < -0.3 is 9.72 Å². The standard InChI is InChI=1S/C18H15ClN2O2/c1-2-23-18(22)14-11-15(13-8-9-20-16(19)10-13)21-17(14)12-6-4-3-5-7-12/h3-11,21H,2H2,1H3. The molecule has 3 aromatic rings. The summed E-state index contributed by atoms with van der Waals surface area (Å²) in [6, 6.07) is 15.0. The molecule has 116 valence electrons. The lowest BCUT2D eigenvalue weighted by molar-refractivity contribution is 0.0527. The molecule has 23 heavy (non-hydrogen) atoms. The number of H-pyrrole nitrogens is 1. The number of benzene rings is 1. The largest absolute Gasteiger partial charge is 0.462 e. The average molecular weight is 327 g/mol. The molecule has 0 aliphatic rings. The number of halogens is 1. The molecule has 0 aliphatic carbocycles. The van der Waals surface area contributed by atoms with Gasteiger partial charge in [0.15, 0.2) is 0 Å². The fraction of sp³-hybridized carbons (Fsp3) is 0.111. The van der Waals surface area contributed by atoms with Crippen LogP contribution in [0.25, 0.3) is 22.5 Å². The molecule has 0 spiro atoms. The van der Waals surface area contributed by atoms with E-state index >= 15 is 0 Å². The Balaban J connectivity index is 2.12. The van der Waals surface area contributed by atoms with E-state index in [1.807, 2.05) is 36.4 Å². The lowest BCUT2D eigenvalue weighted by Crippen LogP contribution is -2.04. The molecule has 0 aliphatic heterocycles. The maximum absolute atomic E-state index is 12.3. The van der Waals surface area contributed by atoms with E-state index in [-0.39, 0.29) is 5.97 Å². The van der Waals surface area contributed by atoms with E-state index in [0.717, 1.165) is 22.5 Å². The number of hydrogen-bond acceptors (Lipinski definition) is 3. The Bertz CT molecular complexity index is 828. The third kappa shape index (κ3) is 3.27. The van der Waals surface area contributed by atoms with Crippen LogP contribution in [0.5, 0.6) is 0 Å². The third-order valence-corrected chi connectivity index (χ3v) is 3.62. The van der Waals surface area contributed by atoms with Crippen LogP contribution in [0.3, 0.4) is 0 Å². The molecular formula is C18H15ClN2O2. The molecular weight excluding hydrogens is 312 g/mol. The number of nitrogens with one attached hydrogen (secondary N) is 1. The van der Waals surface area contributed by atoms with Gasteiger partial charge in [0.2, 0.25) is 0 Å². The SMILES string of the molecule is CCOC(=O)c1cc(-c2ccnc(Cl)c2)[nH]c1-c1ccccc1. The van der Waals surface area contributed by atoms with E-state index in [0.29, 0.717) is 17.3 Å². The molecule has 2 heterocycles. The maximum atomic E-state index is 12.3. The van der Waals surface area contributed by atoms with E-state index in [1.54, 1.807) is 25.3 Å². The number of pyridine rings is 1. The molecule has 0 radical (unpaired) electrons. The Kier molecular flexibility index (Phi) is 4.44. The van der Waals surface area contributed by atoms with Crippen molar-refractivity contribution in [2.75, 3.05) is 6.61 Å². The van der Waals surface area contributed by atoms with Crippen molar-refractivity contribution in [2.24, 2.45) is 0 Å². The number of ether oxygens (including phenoxy) is 1. The smallest absolute Gasteiger partial charge is 0.340 e. The molecule has 0 bridgehead atoms. The zero-order valence-electron chi connectivity index (χ0n) is 12.5. The zero-order chi connectivity index (χ0) is 16.2. The molecule has 0 fully saturated rings. The lowest BCUT2D eigenvalue weighted by atomic mass is 10.1. The first kappa shape index (κ1) is 15.3. The number of rotatable bonds is 4. The summed E-state index contributed by atoms with van der Waals surface area (Å²) in [5.74, 6) is -0.353. The highest BCUT2D eigenvalue weighted by atomic mass is 35.5. The first-order chi connectivity index (χ1) is 11.2. The van der Waals surface area contributed by atoms with Crippen molar-refractivity contribution in [2.45, 2.75) is 6.92 Å². The van der Waals surface area contributed by atoms with Crippen molar-refractivity contribution >= 4 is 17.6 Å². The molecule has 3 rings (SSSR count). The highest BCUT2D eigenvalue weighted by Crippen LogP contribution is 2.30. The summed E-state index contributed by atoms with van der Waals surface area (Å²) in [6.45, 7) is 2.12. The summed E-state index contributed by atoms with van der Waals surface area (Å²) >= 11 is 5.95. The second-order valence-corrected chi connectivity index (χ2v) is 5.31. The Hall–Kier alpha value is -2.59. The average Bonchev–Trinajstić information content (AvgIpc) is 3.01. The summed E-state index contributed by atoms with van der Waals surface area (Å²) in [6.07, 6.45) is 1.63. The second-order valence-electron chi connectivity index (χ2n) is 4.93. The molecule has 1 aromatic carbocycles. The summed E-state index contributed by atoms with van der Waals surface area (Å²) in [5, 5.41) is 0.399. The van der Waals surface area contributed by atoms with Gasteiger partial charge in [0.1, 0.15) is 5.15 Å². The highest BCUT2D eigenvalue weighted by molar-refractivity contribution is 6.29. The Morgan fingerprint density at radius 3 is 2.65 bits per heavy atom. The molecule has 0 atom stereocenters. The minimum absolute atomic E-state index is 0.328. The quantitative estimate of drug-likeness (QED) is 0.564. The zero-order valence-corrected chi connectivity index (χ0v) is 13.3. The molecule has 1 N–H and O–H groups in total. The highest BCUT2D eigenvalue weighted by Gasteiger charge is 2.18. The van der Waals surface area contributed by atoms with Crippen LogP contribution in [0, 0.1) is 0 Å². The van der Waals surface area contributed by atoms with Crippen molar-refractivity contribution in [3.63, 3.8) is 0 Å². The lowest BCUT2D eigenvalue weighted by Gasteiger charge is -2.03. The van der Waals surface area contributed by atoms with Gasteiger partial charge in [0, 0.05) is 17.5 Å². The molecule has 0 saturated carbocycles. The number of carbonyl (C=O) groups excluding carboxylic acids is 1. The summed E-state index contributed by atoms with van der Waals surface area (Å²) < 4.78 is 5.17. The van der Waals surface area contributed by atoms with E-state index in [9.17, 15) is 4.79 Å². The third-order valence-electron chi connectivity index (χ3n) is 3.41. The van der Waals surface area contributed by atoms with E-state index in [2.05, 4.69) is 9.97 Å². The van der Waals surface area contributed by atoms with Crippen LogP contribution in [-0.2, 0) is 4.74 Å². The summed E-state index contributed by atoms with van der Waals surface area (Å²) in [4.78, 5) is 19.5. The van der Waals surface area contributed by atoms with Crippen LogP contribution in [0.4, 0.5) is 0 Å². The Morgan fingerprint density at radius 1 is 1.17 bits per heavy atom. The van der Waals surface area contributed by atoms with Crippen LogP contribution in [0.1, 0.15) is 17.3 Å². The van der Waals surface area contributed by atoms with Gasteiger partial charge >= 0.3 is 5.97 Å². The molecule has 0 unspecified atom stereocenters. The van der Waals surface area contributed by atoms with Crippen LogP contribution in [0.15, 0.2) is 54.7 Å². The van der Waals surface area contributed by atoms with Crippen LogP contribution < -0.4 is 0 Å². The van der Waals surface area contributed by atoms with E-state index in [1.165, 1.54) is 0 Å². The molecule has 4 nitrogen and oxygen atoms in total. The predicted octanol–water partition coefficient (Wildman–Crippen LogP) is 4.57. The minimum atomic E-state index is -0.353. The van der Waals surface area contributed by atoms with Gasteiger partial charge in [0.05, 0.1) is 17.9 Å². The topological polar surface area (TPSA) is 55.0 Å². The number of hydrogen-bond donors (Lipinski definition) is 1. The van der Waals surface area contributed by atoms with Crippen LogP contribution >= 0.6 is 11.6 Å². The van der Waals surface area contributed by atoms with Crippen molar-refractivity contribution in [1.29, 1.82) is 0 Å². The summed E-state index contributed by atoms with van der Waals surface area (Å²) in [5.41, 5.74) is 3.80. The van der Waals surface area contributed by atoms with Gasteiger partial charge in [-0.25, -0.2) is 9.78 Å². The first-order valence-corrected chi connectivity index (χ1v) is 7.64. The molecule has 2 aromatic heterocycles. The first-order valence-electron chi connectivity index (χ1n) is 7.26. The normalized spacial score (nSPS) is 10.5. The van der Waals surface area contributed by atoms with Gasteiger partial charge in [-0.15, -0.1) is 0 Å². The van der Waals surface area contributed by atoms with Crippen molar-refractivity contribution in [3.05, 3.63) is 65.4 Å². The Morgan fingerprint density at radius 2 is 1.96 bits per heavy atom. The van der Waals surface area contributed by atoms with Crippen LogP contribution in [0.2, 0.25) is 5.15 Å². The fourth-order valence-corrected chi connectivity index (χ4v) is 2.56. The van der Waals surface area contributed by atoms with E-state index in [4.69, 9.17) is 16.3 Å². The number of carbonyl (C=O) groups is 1. The van der Waals surface area contributed by atoms with Gasteiger partial charge in [-0.2, -0.15) is 0 Å². The number of aromatic nitrogens is 2. The molecule has 5 heteroatoms. The predicted molar refractivity (Wildman–Crippen MR) is 90.4 cm³/mol. The van der Waals surface area contributed by atoms with Gasteiger partial charge in [0.25, 0.3) is 0 Å². The van der Waals surface area contributed by atoms with Gasteiger partial charge in [-0.3, -0.25) is 0 Å². The number of aromatic amines is 1. The summed E-state index contributed by atoms with van der Waals surface area (Å²) in [7, 11) is 0. The maximum Gasteiger partial charge on any atom is 0.340 e. The number of esters is 1. The monoisotopic (exact) mass is 326 g/mol. The van der Waals surface area contributed by atoms with Crippen LogP contribution in [-0.4, -0.2) is 22.5 Å². The van der Waals surface area contributed by atoms with E-state index < -0.39 is 0 Å².